The molecule has 0 aliphatic carbocycles. The molecule has 112 valence electrons. The van der Waals surface area contributed by atoms with Gasteiger partial charge in [0, 0.05) is 17.4 Å². The minimum atomic E-state index is 0.725. The van der Waals surface area contributed by atoms with Gasteiger partial charge < -0.3 is 5.32 Å². The average Bonchev–Trinajstić information content (AvgIpc) is 2.49. The van der Waals surface area contributed by atoms with E-state index in [1.807, 2.05) is 18.2 Å². The SMILES string of the molecule is CCCNc1nc(Cc2ccccc2Br)nc(CC)c1Br. The van der Waals surface area contributed by atoms with Crippen molar-refractivity contribution in [3.63, 3.8) is 0 Å². The maximum absolute atomic E-state index is 4.68. The second-order valence-corrected chi connectivity index (χ2v) is 6.44. The number of aromatic nitrogens is 2. The van der Waals surface area contributed by atoms with Crippen LogP contribution in [-0.2, 0) is 12.8 Å². The molecule has 1 heterocycles. The first-order valence-electron chi connectivity index (χ1n) is 7.18. The van der Waals surface area contributed by atoms with Gasteiger partial charge >= 0.3 is 0 Å². The lowest BCUT2D eigenvalue weighted by Gasteiger charge is -2.12. The number of hydrogen-bond donors (Lipinski definition) is 1. The van der Waals surface area contributed by atoms with Gasteiger partial charge in [-0.25, -0.2) is 9.97 Å². The van der Waals surface area contributed by atoms with Gasteiger partial charge in [-0.3, -0.25) is 0 Å². The minimum Gasteiger partial charge on any atom is -0.369 e. The Morgan fingerprint density at radius 3 is 2.52 bits per heavy atom. The van der Waals surface area contributed by atoms with Gasteiger partial charge in [0.1, 0.15) is 11.6 Å². The summed E-state index contributed by atoms with van der Waals surface area (Å²) < 4.78 is 2.08. The normalized spacial score (nSPS) is 10.7. The Balaban J connectivity index is 2.33. The van der Waals surface area contributed by atoms with Gasteiger partial charge in [-0.1, -0.05) is 48.0 Å². The summed E-state index contributed by atoms with van der Waals surface area (Å²) in [6.45, 7) is 5.16. The van der Waals surface area contributed by atoms with Crippen molar-refractivity contribution in [1.82, 2.24) is 9.97 Å². The van der Waals surface area contributed by atoms with E-state index in [4.69, 9.17) is 0 Å². The molecule has 0 radical (unpaired) electrons. The smallest absolute Gasteiger partial charge is 0.144 e. The molecule has 0 saturated heterocycles. The molecule has 1 aromatic carbocycles. The van der Waals surface area contributed by atoms with Crippen molar-refractivity contribution in [2.24, 2.45) is 0 Å². The highest BCUT2D eigenvalue weighted by Gasteiger charge is 2.12. The zero-order valence-electron chi connectivity index (χ0n) is 12.3. The molecular weight excluding hydrogens is 394 g/mol. The van der Waals surface area contributed by atoms with Gasteiger partial charge in [0.05, 0.1) is 10.2 Å². The van der Waals surface area contributed by atoms with Crippen molar-refractivity contribution in [3.8, 4) is 0 Å². The highest BCUT2D eigenvalue weighted by Crippen LogP contribution is 2.26. The summed E-state index contributed by atoms with van der Waals surface area (Å²) >= 11 is 7.19. The van der Waals surface area contributed by atoms with Crippen molar-refractivity contribution in [2.75, 3.05) is 11.9 Å². The van der Waals surface area contributed by atoms with Crippen LogP contribution in [0.4, 0.5) is 5.82 Å². The fraction of sp³-hybridized carbons (Fsp3) is 0.375. The van der Waals surface area contributed by atoms with E-state index in [1.54, 1.807) is 0 Å². The molecule has 5 heteroatoms. The molecule has 0 aliphatic rings. The minimum absolute atomic E-state index is 0.725. The second-order valence-electron chi connectivity index (χ2n) is 4.80. The van der Waals surface area contributed by atoms with Crippen LogP contribution in [0.3, 0.4) is 0 Å². The van der Waals surface area contributed by atoms with Gasteiger partial charge in [-0.15, -0.1) is 0 Å². The van der Waals surface area contributed by atoms with Gasteiger partial charge in [0.2, 0.25) is 0 Å². The quantitative estimate of drug-likeness (QED) is 0.727. The third-order valence-corrected chi connectivity index (χ3v) is 4.76. The van der Waals surface area contributed by atoms with Crippen molar-refractivity contribution in [1.29, 1.82) is 0 Å². The zero-order valence-corrected chi connectivity index (χ0v) is 15.5. The van der Waals surface area contributed by atoms with Crippen LogP contribution >= 0.6 is 31.9 Å². The molecule has 1 N–H and O–H groups in total. The van der Waals surface area contributed by atoms with Crippen LogP contribution in [0.25, 0.3) is 0 Å². The maximum atomic E-state index is 4.68. The monoisotopic (exact) mass is 411 g/mol. The van der Waals surface area contributed by atoms with Crippen LogP contribution in [0, 0.1) is 0 Å². The molecule has 0 aliphatic heterocycles. The van der Waals surface area contributed by atoms with Crippen LogP contribution in [0.2, 0.25) is 0 Å². The summed E-state index contributed by atoms with van der Waals surface area (Å²) in [5.41, 5.74) is 2.24. The first-order valence-corrected chi connectivity index (χ1v) is 8.76. The van der Waals surface area contributed by atoms with Crippen LogP contribution in [0.1, 0.15) is 37.4 Å². The van der Waals surface area contributed by atoms with Crippen LogP contribution in [-0.4, -0.2) is 16.5 Å². The maximum Gasteiger partial charge on any atom is 0.144 e. The van der Waals surface area contributed by atoms with E-state index < -0.39 is 0 Å². The lowest BCUT2D eigenvalue weighted by molar-refractivity contribution is 0.882. The Hall–Kier alpha value is -0.940. The number of hydrogen-bond acceptors (Lipinski definition) is 3. The first-order chi connectivity index (χ1) is 10.2. The highest BCUT2D eigenvalue weighted by molar-refractivity contribution is 9.11. The molecule has 0 bridgehead atoms. The number of nitrogens with one attached hydrogen (secondary N) is 1. The van der Waals surface area contributed by atoms with Crippen LogP contribution < -0.4 is 5.32 Å². The number of nitrogens with zero attached hydrogens (tertiary/aromatic N) is 2. The standard InChI is InChI=1S/C16H19Br2N3/c1-3-9-19-16-15(18)13(4-2)20-14(21-16)10-11-7-5-6-8-12(11)17/h5-8H,3-4,9-10H2,1-2H3,(H,19,20,21). The highest BCUT2D eigenvalue weighted by atomic mass is 79.9. The third-order valence-electron chi connectivity index (χ3n) is 3.15. The largest absolute Gasteiger partial charge is 0.369 e. The summed E-state index contributed by atoms with van der Waals surface area (Å²) in [5.74, 6) is 1.74. The van der Waals surface area contributed by atoms with Gasteiger partial charge in [-0.2, -0.15) is 0 Å². The van der Waals surface area contributed by atoms with E-state index in [-0.39, 0.29) is 0 Å². The Morgan fingerprint density at radius 2 is 1.86 bits per heavy atom. The fourth-order valence-corrected chi connectivity index (χ4v) is 3.05. The molecule has 0 atom stereocenters. The van der Waals surface area contributed by atoms with E-state index in [9.17, 15) is 0 Å². The Kier molecular flexibility index (Phi) is 6.18. The lowest BCUT2D eigenvalue weighted by Crippen LogP contribution is -2.09. The molecule has 0 amide bonds. The Bertz CT molecular complexity index is 614. The van der Waals surface area contributed by atoms with Gasteiger partial charge in [0.15, 0.2) is 0 Å². The molecule has 0 unspecified atom stereocenters. The Labute approximate surface area is 142 Å². The Morgan fingerprint density at radius 1 is 1.10 bits per heavy atom. The first kappa shape index (κ1) is 16.4. The average molecular weight is 413 g/mol. The molecule has 0 spiro atoms. The molecule has 2 rings (SSSR count). The van der Waals surface area contributed by atoms with Gasteiger partial charge in [0.25, 0.3) is 0 Å². The third kappa shape index (κ3) is 4.27. The number of rotatable bonds is 6. The van der Waals surface area contributed by atoms with E-state index in [1.165, 1.54) is 5.56 Å². The predicted molar refractivity (Wildman–Crippen MR) is 94.8 cm³/mol. The number of anilines is 1. The summed E-state index contributed by atoms with van der Waals surface area (Å²) in [7, 11) is 0. The molecule has 2 aromatic rings. The number of aryl methyl sites for hydroxylation is 1. The van der Waals surface area contributed by atoms with Crippen LogP contribution in [0.5, 0.6) is 0 Å². The molecule has 0 saturated carbocycles. The second kappa shape index (κ2) is 7.90. The summed E-state index contributed by atoms with van der Waals surface area (Å²) in [6.07, 6.45) is 2.67. The van der Waals surface area contributed by atoms with E-state index in [0.717, 1.165) is 52.1 Å². The van der Waals surface area contributed by atoms with Crippen molar-refractivity contribution >= 4 is 37.7 Å². The topological polar surface area (TPSA) is 37.8 Å². The van der Waals surface area contributed by atoms with E-state index in [2.05, 4.69) is 67.1 Å². The number of benzene rings is 1. The molecule has 3 nitrogen and oxygen atoms in total. The van der Waals surface area contributed by atoms with Crippen molar-refractivity contribution in [2.45, 2.75) is 33.1 Å². The fourth-order valence-electron chi connectivity index (χ4n) is 2.03. The summed E-state index contributed by atoms with van der Waals surface area (Å²) in [4.78, 5) is 9.34. The van der Waals surface area contributed by atoms with Gasteiger partial charge in [-0.05, 0) is 40.4 Å². The van der Waals surface area contributed by atoms with E-state index in [0.29, 0.717) is 0 Å². The summed E-state index contributed by atoms with van der Waals surface area (Å²) in [6, 6.07) is 8.20. The number of halogens is 2. The molecule has 21 heavy (non-hydrogen) atoms. The lowest BCUT2D eigenvalue weighted by atomic mass is 10.1. The van der Waals surface area contributed by atoms with Crippen molar-refractivity contribution < 1.29 is 0 Å². The molecule has 1 aromatic heterocycles. The van der Waals surface area contributed by atoms with E-state index >= 15 is 0 Å². The molecule has 0 fully saturated rings. The molecular formula is C16H19Br2N3. The van der Waals surface area contributed by atoms with Crippen LogP contribution in [0.15, 0.2) is 33.2 Å². The predicted octanol–water partition coefficient (Wildman–Crippen LogP) is 4.98. The summed E-state index contributed by atoms with van der Waals surface area (Å²) in [5, 5.41) is 3.37. The zero-order chi connectivity index (χ0) is 15.2. The van der Waals surface area contributed by atoms with Crippen molar-refractivity contribution in [3.05, 3.63) is 50.3 Å².